The van der Waals surface area contributed by atoms with E-state index in [0.29, 0.717) is 0 Å². The highest BCUT2D eigenvalue weighted by Crippen LogP contribution is 2.03. The normalized spacial score (nSPS) is 20.4. The molecule has 49 heavy (non-hydrogen) atoms. The number of carbonyl (C=O) groups is 3. The summed E-state index contributed by atoms with van der Waals surface area (Å²) in [5.41, 5.74) is 3.00. The first-order valence-corrected chi connectivity index (χ1v) is 17.4. The number of rotatable bonds is 7. The first-order chi connectivity index (χ1) is 23.8. The lowest BCUT2D eigenvalue weighted by Crippen LogP contribution is -2.86. The molecule has 5 heterocycles. The molecule has 0 aromatic carbocycles. The van der Waals surface area contributed by atoms with E-state index in [-0.39, 0.29) is 35.8 Å². The number of aromatic nitrogens is 3. The maximum Gasteiger partial charge on any atom is 0.275 e. The monoisotopic (exact) mass is 686 g/mol. The second kappa shape index (κ2) is 28.3. The van der Waals surface area contributed by atoms with E-state index < -0.39 is 0 Å². The Kier molecular flexibility index (Phi) is 25.1. The zero-order chi connectivity index (χ0) is 36.1. The largest absolute Gasteiger partial charge is 0.474 e. The molecule has 3 atom stereocenters. The maximum absolute atomic E-state index is 11.1. The van der Waals surface area contributed by atoms with Crippen LogP contribution in [0.3, 0.4) is 0 Å². The van der Waals surface area contributed by atoms with Crippen LogP contribution in [-0.2, 0) is 27.5 Å². The van der Waals surface area contributed by atoms with Crippen LogP contribution < -0.4 is 42.5 Å². The summed E-state index contributed by atoms with van der Waals surface area (Å²) in [4.78, 5) is 45.5. The molecule has 1 unspecified atom stereocenters. The molecule has 14 heteroatoms. The lowest BCUT2D eigenvalue weighted by atomic mass is 10.1. The SMILES string of the molecule is [CH2-][NH2+]C1CCCCNC1=O.[CH2-][NH2+]Cc1ccccn1.[CH2-][NH2+]Cc1cnc(C)cn1.[CH2-][NH2+][C@@H]1CCCCNC1=O.[CH2-][NH2+][C@H]1CCCCNC1=O. The van der Waals surface area contributed by atoms with E-state index in [1.54, 1.807) is 34.5 Å². The van der Waals surface area contributed by atoms with Gasteiger partial charge in [0.1, 0.15) is 23.8 Å². The highest BCUT2D eigenvalue weighted by Gasteiger charge is 2.20. The summed E-state index contributed by atoms with van der Waals surface area (Å²) < 4.78 is 0. The van der Waals surface area contributed by atoms with Crippen molar-refractivity contribution in [1.82, 2.24) is 30.9 Å². The number of carbonyl (C=O) groups excluding carboxylic acids is 3. The Morgan fingerprint density at radius 3 is 1.41 bits per heavy atom. The van der Waals surface area contributed by atoms with Crippen LogP contribution in [0.4, 0.5) is 0 Å². The van der Waals surface area contributed by atoms with Crippen molar-refractivity contribution >= 4 is 17.7 Å². The standard InChI is InChI=1S/C7H11N3.3C7H14N2O.C7H10N2/c1-6-3-10-7(4-8-2)5-9-6;3*1-8-6-4-2-3-5-9-7(6)10;1-8-6-7-4-2-3-5-9-7/h3,5H,2,4,8H2,1H3;3*6H,1-5,8H2,(H,9,10);2-5H,1,6,8H2/t;2*6-;;/m.10../s1. The number of quaternary nitrogens is 5. The molecule has 276 valence electrons. The molecule has 0 aliphatic carbocycles. The third kappa shape index (κ3) is 20.5. The summed E-state index contributed by atoms with van der Waals surface area (Å²) >= 11 is 0. The van der Waals surface area contributed by atoms with Gasteiger partial charge in [0, 0.05) is 51.3 Å². The molecule has 5 rings (SSSR count). The highest BCUT2D eigenvalue weighted by atomic mass is 16.2. The summed E-state index contributed by atoms with van der Waals surface area (Å²) in [5, 5.41) is 17.4. The summed E-state index contributed by atoms with van der Waals surface area (Å²) in [6.07, 6.45) is 15.0. The molecule has 0 spiro atoms. The van der Waals surface area contributed by atoms with Crippen LogP contribution in [0, 0.1) is 42.2 Å². The molecule has 3 fully saturated rings. The molecular formula is C35H63N11O3. The van der Waals surface area contributed by atoms with Gasteiger partial charge in [0.05, 0.1) is 30.7 Å². The molecule has 3 saturated heterocycles. The van der Waals surface area contributed by atoms with Gasteiger partial charge in [0.2, 0.25) is 0 Å². The Bertz CT molecular complexity index is 1070. The predicted octanol–water partition coefficient (Wildman–Crippen LogP) is -3.39. The van der Waals surface area contributed by atoms with Crippen LogP contribution in [0.2, 0.25) is 0 Å². The van der Waals surface area contributed by atoms with Gasteiger partial charge >= 0.3 is 0 Å². The van der Waals surface area contributed by atoms with E-state index in [2.05, 4.69) is 66.1 Å². The van der Waals surface area contributed by atoms with Gasteiger partial charge in [-0.2, -0.15) is 35.2 Å². The molecule has 0 bridgehead atoms. The second-order valence-corrected chi connectivity index (χ2v) is 11.8. The molecule has 13 N–H and O–H groups in total. The number of amides is 3. The van der Waals surface area contributed by atoms with E-state index in [4.69, 9.17) is 0 Å². The van der Waals surface area contributed by atoms with Crippen LogP contribution in [0.15, 0.2) is 36.8 Å². The van der Waals surface area contributed by atoms with E-state index in [1.807, 2.05) is 35.8 Å². The predicted molar refractivity (Wildman–Crippen MR) is 187 cm³/mol. The van der Waals surface area contributed by atoms with Crippen LogP contribution in [0.25, 0.3) is 0 Å². The van der Waals surface area contributed by atoms with Crippen molar-refractivity contribution < 1.29 is 41.0 Å². The van der Waals surface area contributed by atoms with Crippen molar-refractivity contribution in [2.45, 2.75) is 95.9 Å². The van der Waals surface area contributed by atoms with Crippen LogP contribution in [0.5, 0.6) is 0 Å². The summed E-state index contributed by atoms with van der Waals surface area (Å²) in [5.74, 6) is 0.438. The lowest BCUT2D eigenvalue weighted by molar-refractivity contribution is -0.620. The third-order valence-electron chi connectivity index (χ3n) is 7.85. The van der Waals surface area contributed by atoms with Crippen LogP contribution in [0.1, 0.15) is 74.9 Å². The average Bonchev–Trinajstić information content (AvgIpc) is 3.57. The molecule has 2 aromatic heterocycles. The fraction of sp³-hybridized carbons (Fsp3) is 0.514. The lowest BCUT2D eigenvalue weighted by Gasteiger charge is -2.11. The first-order valence-electron chi connectivity index (χ1n) is 17.4. The van der Waals surface area contributed by atoms with Gasteiger partial charge < -0.3 is 42.5 Å². The zero-order valence-electron chi connectivity index (χ0n) is 29.6. The zero-order valence-corrected chi connectivity index (χ0v) is 29.6. The van der Waals surface area contributed by atoms with Gasteiger partial charge in [-0.3, -0.25) is 29.3 Å². The Balaban J connectivity index is 0.000000306. The fourth-order valence-corrected chi connectivity index (χ4v) is 4.90. The van der Waals surface area contributed by atoms with E-state index in [1.165, 1.54) is 0 Å². The molecular weight excluding hydrogens is 622 g/mol. The molecule has 3 aliphatic rings. The average molecular weight is 686 g/mol. The Hall–Kier alpha value is -3.56. The molecule has 2 aromatic rings. The van der Waals surface area contributed by atoms with Crippen molar-refractivity contribution in [3.05, 3.63) is 89.1 Å². The number of hydrogen-bond donors (Lipinski definition) is 8. The quantitative estimate of drug-likeness (QED) is 0.139. The first kappa shape index (κ1) is 43.5. The number of aryl methyl sites for hydroxylation is 1. The fourth-order valence-electron chi connectivity index (χ4n) is 4.90. The molecule has 14 nitrogen and oxygen atoms in total. The molecule has 3 aliphatic heterocycles. The van der Waals surface area contributed by atoms with Gasteiger partial charge in [-0.25, -0.2) is 0 Å². The highest BCUT2D eigenvalue weighted by molar-refractivity contribution is 5.81. The minimum atomic E-state index is 0.0579. The van der Waals surface area contributed by atoms with Crippen molar-refractivity contribution in [1.29, 1.82) is 0 Å². The van der Waals surface area contributed by atoms with Crippen molar-refractivity contribution in [3.8, 4) is 0 Å². The number of nitrogens with one attached hydrogen (secondary N) is 3. The van der Waals surface area contributed by atoms with Gasteiger partial charge in [-0.15, -0.1) is 0 Å². The summed E-state index contributed by atoms with van der Waals surface area (Å²) in [6.45, 7) is 6.09. The van der Waals surface area contributed by atoms with Gasteiger partial charge in [0.15, 0.2) is 0 Å². The topological polar surface area (TPSA) is 209 Å². The number of hydrogen-bond acceptors (Lipinski definition) is 6. The third-order valence-corrected chi connectivity index (χ3v) is 7.85. The summed E-state index contributed by atoms with van der Waals surface area (Å²) in [7, 11) is 18.1. The molecule has 0 saturated carbocycles. The van der Waals surface area contributed by atoms with E-state index in [0.717, 1.165) is 108 Å². The van der Waals surface area contributed by atoms with Crippen LogP contribution in [-0.4, -0.2) is 70.4 Å². The smallest absolute Gasteiger partial charge is 0.275 e. The van der Waals surface area contributed by atoms with Gasteiger partial charge in [0.25, 0.3) is 17.7 Å². The Morgan fingerprint density at radius 2 is 1.06 bits per heavy atom. The van der Waals surface area contributed by atoms with E-state index >= 15 is 0 Å². The number of nitrogens with zero attached hydrogens (tertiary/aromatic N) is 3. The minimum absolute atomic E-state index is 0.0579. The number of nitrogens with two attached hydrogens (primary N) is 5. The van der Waals surface area contributed by atoms with Crippen molar-refractivity contribution in [2.24, 2.45) is 0 Å². The van der Waals surface area contributed by atoms with Crippen molar-refractivity contribution in [2.75, 3.05) is 19.6 Å². The van der Waals surface area contributed by atoms with E-state index in [9.17, 15) is 14.4 Å². The minimum Gasteiger partial charge on any atom is -0.474 e. The van der Waals surface area contributed by atoms with Crippen LogP contribution >= 0.6 is 0 Å². The Morgan fingerprint density at radius 1 is 0.612 bits per heavy atom. The second-order valence-electron chi connectivity index (χ2n) is 11.8. The van der Waals surface area contributed by atoms with Crippen molar-refractivity contribution in [3.63, 3.8) is 0 Å². The summed E-state index contributed by atoms with van der Waals surface area (Å²) in [6, 6.07) is 6.05. The number of pyridine rings is 1. The Labute approximate surface area is 294 Å². The maximum atomic E-state index is 11.1. The van der Waals surface area contributed by atoms with Gasteiger partial charge in [-0.05, 0) is 57.6 Å². The molecule has 0 radical (unpaired) electrons. The molecule has 3 amide bonds. The van der Waals surface area contributed by atoms with Gasteiger partial charge in [-0.1, -0.05) is 6.07 Å².